The Hall–Kier alpha value is -0.930. The Balaban J connectivity index is -0.000000227. The van der Waals surface area contributed by atoms with Crippen LogP contribution in [0.15, 0.2) is 0 Å². The summed E-state index contributed by atoms with van der Waals surface area (Å²) in [5.74, 6) is 7.28. The van der Waals surface area contributed by atoms with E-state index in [1.165, 1.54) is 44.9 Å². The molecule has 0 bridgehead atoms. The third-order valence-corrected chi connectivity index (χ3v) is 12.0. The summed E-state index contributed by atoms with van der Waals surface area (Å²) in [6, 6.07) is 1.49. The van der Waals surface area contributed by atoms with Crippen molar-refractivity contribution in [3.63, 3.8) is 0 Å². The van der Waals surface area contributed by atoms with E-state index in [1.807, 2.05) is 13.8 Å². The minimum absolute atomic E-state index is 0.0294. The van der Waals surface area contributed by atoms with Crippen molar-refractivity contribution in [1.29, 1.82) is 0 Å². The predicted molar refractivity (Wildman–Crippen MR) is 297 cm³/mol. The van der Waals surface area contributed by atoms with Gasteiger partial charge in [-0.3, -0.25) is 4.79 Å². The van der Waals surface area contributed by atoms with Crippen molar-refractivity contribution in [2.45, 2.75) is 243 Å². The molecule has 0 saturated heterocycles. The van der Waals surface area contributed by atoms with Crippen LogP contribution < -0.4 is 62.7 Å². The second-order valence-electron chi connectivity index (χ2n) is 22.8. The van der Waals surface area contributed by atoms with Gasteiger partial charge in [-0.1, -0.05) is 110 Å². The van der Waals surface area contributed by atoms with E-state index in [-0.39, 0.29) is 17.9 Å². The van der Waals surface area contributed by atoms with Crippen LogP contribution in [0.1, 0.15) is 213 Å². The number of hydrogen-bond donors (Lipinski definition) is 11. The number of carbonyl (C=O) groups is 1. The van der Waals surface area contributed by atoms with E-state index in [1.54, 1.807) is 0 Å². The van der Waals surface area contributed by atoms with Gasteiger partial charge in [-0.15, -0.1) is 0 Å². The maximum absolute atomic E-state index is 11.1. The van der Waals surface area contributed by atoms with E-state index in [0.717, 1.165) is 119 Å². The summed E-state index contributed by atoms with van der Waals surface area (Å²) in [4.78, 5) is 11.1. The topological polar surface area (TPSA) is 289 Å². The molecule has 0 aromatic rings. The fourth-order valence-corrected chi connectivity index (χ4v) is 7.87. The van der Waals surface area contributed by atoms with Gasteiger partial charge in [0.1, 0.15) is 0 Å². The average molecular weight is 947 g/mol. The highest BCUT2D eigenvalue weighted by Crippen LogP contribution is 2.34. The molecule has 1 aliphatic carbocycles. The number of nitrogens with one attached hydrogen (secondary N) is 1. The van der Waals surface area contributed by atoms with Gasteiger partial charge in [0.25, 0.3) is 0 Å². The van der Waals surface area contributed by atoms with Gasteiger partial charge in [0.05, 0.1) is 0 Å². The summed E-state index contributed by atoms with van der Waals surface area (Å²) < 4.78 is 0. The predicted octanol–water partition coefficient (Wildman–Crippen LogP) is 8.57. The zero-order valence-electron chi connectivity index (χ0n) is 47.1. The van der Waals surface area contributed by atoms with E-state index in [9.17, 15) is 4.79 Å². The fourth-order valence-electron chi connectivity index (χ4n) is 7.87. The monoisotopic (exact) mass is 946 g/mol. The molecule has 0 aromatic carbocycles. The van der Waals surface area contributed by atoms with Crippen LogP contribution in [0.2, 0.25) is 0 Å². The third-order valence-electron chi connectivity index (χ3n) is 12.0. The molecule has 0 radical (unpaired) electrons. The fraction of sp³-hybridized carbons (Fsp3) is 0.981. The molecule has 1 unspecified atom stereocenters. The lowest BCUT2D eigenvalue weighted by atomic mass is 9.90. The van der Waals surface area contributed by atoms with Crippen molar-refractivity contribution in [3.8, 4) is 0 Å². The zero-order chi connectivity index (χ0) is 52.2. The molecule has 0 spiro atoms. The van der Waals surface area contributed by atoms with E-state index < -0.39 is 0 Å². The van der Waals surface area contributed by atoms with Crippen LogP contribution in [0.3, 0.4) is 0 Å². The molecular formula is C54H127N11O. The summed E-state index contributed by atoms with van der Waals surface area (Å²) in [5, 5.41) is 2.79. The second-order valence-corrected chi connectivity index (χ2v) is 22.8. The van der Waals surface area contributed by atoms with Crippen LogP contribution in [0.5, 0.6) is 0 Å². The van der Waals surface area contributed by atoms with Crippen molar-refractivity contribution in [1.82, 2.24) is 5.32 Å². The maximum atomic E-state index is 11.1. The number of carbonyl (C=O) groups excluding carboxylic acids is 1. The molecule has 12 nitrogen and oxygen atoms in total. The van der Waals surface area contributed by atoms with Crippen LogP contribution in [0.4, 0.5) is 0 Å². The Kier molecular flexibility index (Phi) is 56.6. The molecule has 1 aliphatic rings. The van der Waals surface area contributed by atoms with Gasteiger partial charge >= 0.3 is 0 Å². The zero-order valence-corrected chi connectivity index (χ0v) is 47.1. The largest absolute Gasteiger partial charge is 0.354 e. The average Bonchev–Trinajstić information content (AvgIpc) is 3.66. The van der Waals surface area contributed by atoms with E-state index in [0.29, 0.717) is 61.6 Å². The molecule has 12 heteroatoms. The number of hydrogen-bond acceptors (Lipinski definition) is 11. The van der Waals surface area contributed by atoms with Crippen LogP contribution in [-0.2, 0) is 4.79 Å². The summed E-state index contributed by atoms with van der Waals surface area (Å²) >= 11 is 0. The van der Waals surface area contributed by atoms with Gasteiger partial charge < -0.3 is 62.7 Å². The van der Waals surface area contributed by atoms with Crippen LogP contribution >= 0.6 is 0 Å². The maximum Gasteiger partial charge on any atom is 0.222 e. The van der Waals surface area contributed by atoms with Crippen LogP contribution in [0.25, 0.3) is 0 Å². The lowest BCUT2D eigenvalue weighted by Gasteiger charge is -2.19. The van der Waals surface area contributed by atoms with E-state index in [4.69, 9.17) is 57.3 Å². The lowest BCUT2D eigenvalue weighted by molar-refractivity contribution is -0.124. The lowest BCUT2D eigenvalue weighted by Crippen LogP contribution is -2.39. The highest BCUT2D eigenvalue weighted by molar-refractivity contribution is 5.77. The Morgan fingerprint density at radius 3 is 1.12 bits per heavy atom. The molecule has 404 valence electrons. The summed E-state index contributed by atoms with van der Waals surface area (Å²) in [7, 11) is 0. The normalized spacial score (nSPS) is 17.3. The SMILES string of the molecule is CC(C)C(=O)NC[C@H](N)CCCN.CC(C)C[C@@H](N)CCC(C)C(C)C.CC(C)C[C@@H](N)CCCN.CC(C)C[C@@H](N)CCN.CC(C)C[C@H](N)CCCN.CC(C)C[C@H]1CC[C@@H](CN)C1. The molecule has 0 heterocycles. The van der Waals surface area contributed by atoms with E-state index in [2.05, 4.69) is 95.3 Å². The smallest absolute Gasteiger partial charge is 0.222 e. The van der Waals surface area contributed by atoms with Gasteiger partial charge in [-0.05, 0) is 189 Å². The Morgan fingerprint density at radius 2 is 0.818 bits per heavy atom. The van der Waals surface area contributed by atoms with Crippen molar-refractivity contribution in [2.24, 2.45) is 117 Å². The highest BCUT2D eigenvalue weighted by atomic mass is 16.1. The summed E-state index contributed by atoms with van der Waals surface area (Å²) in [6.45, 7) is 37.3. The number of amides is 1. The first-order chi connectivity index (χ1) is 30.7. The number of nitrogens with two attached hydrogens (primary N) is 10. The standard InChI is InChI=1S/C12H27N.C10H21N.C9H21N3O.2C8H20N2.C7H18N2/c1-9(2)8-12(13)7-6-11(5)10(3)4;1-8(2)5-9-3-4-10(6-9)7-11;1-7(2)9(13)12-6-8(11)4-3-5-10;2*1-7(2)6-8(10)4-3-5-9;1-6(2)5-7(9)3-4-8/h9-12H,6-8,13H2,1-5H3;8-10H,3-7,11H2,1-2H3;7-8H,3-6,10-11H2,1-2H3,(H,12,13);2*7-8H,3-6,9-10H2,1-2H3;6-7H,3-5,8-9H2,1-2H3/t11?,12-;9-,10-;3*8-;7-/m011100/s1. The van der Waals surface area contributed by atoms with Gasteiger partial charge in [0, 0.05) is 42.7 Å². The first-order valence-corrected chi connectivity index (χ1v) is 27.3. The first kappa shape index (κ1) is 74.0. The molecule has 66 heavy (non-hydrogen) atoms. The van der Waals surface area contributed by atoms with Crippen LogP contribution in [0, 0.1) is 59.2 Å². The van der Waals surface area contributed by atoms with Gasteiger partial charge in [-0.2, -0.15) is 0 Å². The Bertz CT molecular complexity index is 946. The van der Waals surface area contributed by atoms with Crippen molar-refractivity contribution < 1.29 is 4.79 Å². The molecule has 21 N–H and O–H groups in total. The minimum atomic E-state index is 0.0294. The summed E-state index contributed by atoms with van der Waals surface area (Å²) in [5.41, 5.74) is 56.1. The van der Waals surface area contributed by atoms with Crippen molar-refractivity contribution >= 4 is 5.91 Å². The first-order valence-electron chi connectivity index (χ1n) is 27.3. The summed E-state index contributed by atoms with van der Waals surface area (Å²) in [6.07, 6.45) is 19.6. The van der Waals surface area contributed by atoms with Gasteiger partial charge in [-0.25, -0.2) is 0 Å². The van der Waals surface area contributed by atoms with E-state index >= 15 is 0 Å². The molecule has 8 atom stereocenters. The highest BCUT2D eigenvalue weighted by Gasteiger charge is 2.23. The molecular weight excluding hydrogens is 819 g/mol. The molecule has 1 rings (SSSR count). The van der Waals surface area contributed by atoms with Crippen LogP contribution in [-0.4, -0.2) is 75.4 Å². The minimum Gasteiger partial charge on any atom is -0.354 e. The molecule has 0 aromatic heterocycles. The van der Waals surface area contributed by atoms with Gasteiger partial charge in [0.15, 0.2) is 0 Å². The molecule has 1 fully saturated rings. The Morgan fingerprint density at radius 1 is 0.455 bits per heavy atom. The molecule has 1 saturated carbocycles. The van der Waals surface area contributed by atoms with Crippen molar-refractivity contribution in [2.75, 3.05) is 39.3 Å². The quantitative estimate of drug-likeness (QED) is 0.0338. The Labute approximate surface area is 413 Å². The van der Waals surface area contributed by atoms with Crippen molar-refractivity contribution in [3.05, 3.63) is 0 Å². The third kappa shape index (κ3) is 61.1. The second kappa shape index (κ2) is 50.5. The molecule has 0 aliphatic heterocycles. The van der Waals surface area contributed by atoms with Gasteiger partial charge in [0.2, 0.25) is 5.91 Å². The molecule has 1 amide bonds. The number of rotatable bonds is 29.